The summed E-state index contributed by atoms with van der Waals surface area (Å²) in [6.45, 7) is 8.09. The van der Waals surface area contributed by atoms with Crippen LogP contribution in [0.1, 0.15) is 40.5 Å². The van der Waals surface area contributed by atoms with Crippen LogP contribution in [0.15, 0.2) is 0 Å². The number of aliphatic carboxylic acids is 1. The third kappa shape index (κ3) is 3.26. The minimum Gasteiger partial charge on any atom is -0.481 e. The standard InChI is InChI=1S/C14H26N2O3/c1-8(7-15)12(17)16-11-6-5-10(13(18)19)14(3,4)9(11)2/h8-11H,5-7,15H2,1-4H3,(H,16,17)(H,18,19). The van der Waals surface area contributed by atoms with Crippen molar-refractivity contribution in [3.05, 3.63) is 0 Å². The van der Waals surface area contributed by atoms with Crippen LogP contribution < -0.4 is 11.1 Å². The number of hydrogen-bond acceptors (Lipinski definition) is 3. The molecule has 5 heteroatoms. The molecule has 0 aromatic heterocycles. The second-order valence-corrected chi connectivity index (χ2v) is 6.33. The van der Waals surface area contributed by atoms with Crippen LogP contribution in [0.4, 0.5) is 0 Å². The lowest BCUT2D eigenvalue weighted by atomic mass is 9.61. The molecule has 0 bridgehead atoms. The predicted molar refractivity (Wildman–Crippen MR) is 73.5 cm³/mol. The molecule has 1 saturated carbocycles. The van der Waals surface area contributed by atoms with Crippen LogP contribution in [0.3, 0.4) is 0 Å². The maximum Gasteiger partial charge on any atom is 0.307 e. The summed E-state index contributed by atoms with van der Waals surface area (Å²) in [7, 11) is 0. The summed E-state index contributed by atoms with van der Waals surface area (Å²) in [5.74, 6) is -1.20. The molecule has 0 aliphatic heterocycles. The molecule has 1 rings (SSSR count). The van der Waals surface area contributed by atoms with Gasteiger partial charge < -0.3 is 16.2 Å². The fourth-order valence-electron chi connectivity index (χ4n) is 2.88. The number of carbonyl (C=O) groups excluding carboxylic acids is 1. The fourth-order valence-corrected chi connectivity index (χ4v) is 2.88. The van der Waals surface area contributed by atoms with Crippen LogP contribution in [0.2, 0.25) is 0 Å². The van der Waals surface area contributed by atoms with E-state index in [1.807, 2.05) is 20.8 Å². The zero-order valence-corrected chi connectivity index (χ0v) is 12.3. The van der Waals surface area contributed by atoms with Gasteiger partial charge in [0.05, 0.1) is 5.92 Å². The van der Waals surface area contributed by atoms with Crippen molar-refractivity contribution < 1.29 is 14.7 Å². The molecule has 5 nitrogen and oxygen atoms in total. The topological polar surface area (TPSA) is 92.4 Å². The molecule has 0 aromatic carbocycles. The molecule has 0 saturated heterocycles. The lowest BCUT2D eigenvalue weighted by Gasteiger charge is -2.46. The summed E-state index contributed by atoms with van der Waals surface area (Å²) >= 11 is 0. The van der Waals surface area contributed by atoms with Gasteiger partial charge in [0.25, 0.3) is 0 Å². The van der Waals surface area contributed by atoms with Crippen molar-refractivity contribution in [3.63, 3.8) is 0 Å². The first kappa shape index (κ1) is 16.0. The summed E-state index contributed by atoms with van der Waals surface area (Å²) in [5, 5.41) is 12.3. The highest BCUT2D eigenvalue weighted by Gasteiger charge is 2.46. The number of hydrogen-bond donors (Lipinski definition) is 3. The Labute approximate surface area is 114 Å². The zero-order chi connectivity index (χ0) is 14.8. The Morgan fingerprint density at radius 3 is 2.47 bits per heavy atom. The van der Waals surface area contributed by atoms with E-state index in [0.717, 1.165) is 0 Å². The Morgan fingerprint density at radius 2 is 2.00 bits per heavy atom. The van der Waals surface area contributed by atoms with E-state index in [2.05, 4.69) is 5.32 Å². The van der Waals surface area contributed by atoms with Crippen molar-refractivity contribution in [2.45, 2.75) is 46.6 Å². The molecule has 0 aromatic rings. The van der Waals surface area contributed by atoms with Gasteiger partial charge in [-0.1, -0.05) is 27.7 Å². The Bertz CT molecular complexity index is 355. The number of amides is 1. The first-order chi connectivity index (χ1) is 8.71. The fraction of sp³-hybridized carbons (Fsp3) is 0.857. The Morgan fingerprint density at radius 1 is 1.42 bits per heavy atom. The van der Waals surface area contributed by atoms with Gasteiger partial charge in [-0.3, -0.25) is 9.59 Å². The van der Waals surface area contributed by atoms with Crippen LogP contribution in [0.25, 0.3) is 0 Å². The molecular weight excluding hydrogens is 244 g/mol. The molecule has 0 radical (unpaired) electrons. The molecule has 1 aliphatic rings. The molecule has 0 heterocycles. The summed E-state index contributed by atoms with van der Waals surface area (Å²) in [5.41, 5.74) is 5.16. The highest BCUT2D eigenvalue weighted by atomic mass is 16.4. The van der Waals surface area contributed by atoms with Gasteiger partial charge in [-0.15, -0.1) is 0 Å². The molecule has 1 amide bonds. The van der Waals surface area contributed by atoms with Gasteiger partial charge in [0.15, 0.2) is 0 Å². The van der Waals surface area contributed by atoms with E-state index in [-0.39, 0.29) is 35.1 Å². The first-order valence-corrected chi connectivity index (χ1v) is 6.95. The quantitative estimate of drug-likeness (QED) is 0.716. The van der Waals surface area contributed by atoms with E-state index < -0.39 is 5.97 Å². The lowest BCUT2D eigenvalue weighted by molar-refractivity contribution is -0.150. The molecule has 1 aliphatic carbocycles. The number of nitrogens with two attached hydrogens (primary N) is 1. The molecule has 110 valence electrons. The van der Waals surface area contributed by atoms with Gasteiger partial charge in [0.1, 0.15) is 0 Å². The van der Waals surface area contributed by atoms with E-state index in [1.54, 1.807) is 6.92 Å². The number of carboxylic acids is 1. The van der Waals surface area contributed by atoms with E-state index in [1.165, 1.54) is 0 Å². The third-order valence-corrected chi connectivity index (χ3v) is 4.87. The van der Waals surface area contributed by atoms with Crippen molar-refractivity contribution in [1.29, 1.82) is 0 Å². The van der Waals surface area contributed by atoms with Crippen molar-refractivity contribution >= 4 is 11.9 Å². The Balaban J connectivity index is 2.75. The van der Waals surface area contributed by atoms with Gasteiger partial charge >= 0.3 is 5.97 Å². The second kappa shape index (κ2) is 5.90. The van der Waals surface area contributed by atoms with Crippen LogP contribution >= 0.6 is 0 Å². The maximum atomic E-state index is 11.9. The van der Waals surface area contributed by atoms with Gasteiger partial charge in [-0.2, -0.15) is 0 Å². The average Bonchev–Trinajstić information content (AvgIpc) is 2.33. The normalized spacial score (nSPS) is 31.5. The van der Waals surface area contributed by atoms with Crippen molar-refractivity contribution in [3.8, 4) is 0 Å². The van der Waals surface area contributed by atoms with Gasteiger partial charge in [-0.25, -0.2) is 0 Å². The van der Waals surface area contributed by atoms with E-state index in [0.29, 0.717) is 19.4 Å². The third-order valence-electron chi connectivity index (χ3n) is 4.87. The van der Waals surface area contributed by atoms with Crippen LogP contribution in [0, 0.1) is 23.2 Å². The van der Waals surface area contributed by atoms with Gasteiger partial charge in [0, 0.05) is 18.5 Å². The summed E-state index contributed by atoms with van der Waals surface area (Å²) < 4.78 is 0. The number of carbonyl (C=O) groups is 2. The molecule has 4 N–H and O–H groups in total. The first-order valence-electron chi connectivity index (χ1n) is 6.95. The maximum absolute atomic E-state index is 11.9. The summed E-state index contributed by atoms with van der Waals surface area (Å²) in [6.07, 6.45) is 1.32. The van der Waals surface area contributed by atoms with E-state index >= 15 is 0 Å². The predicted octanol–water partition coefficient (Wildman–Crippen LogP) is 1.22. The Hall–Kier alpha value is -1.10. The summed E-state index contributed by atoms with van der Waals surface area (Å²) in [6, 6.07) is 0.0344. The Kier molecular flexibility index (Phi) is 4.96. The smallest absolute Gasteiger partial charge is 0.307 e. The van der Waals surface area contributed by atoms with Gasteiger partial charge in [-0.05, 0) is 24.2 Å². The SMILES string of the molecule is CC(CN)C(=O)NC1CCC(C(=O)O)C(C)(C)C1C. The van der Waals surface area contributed by atoms with Crippen LogP contribution in [-0.4, -0.2) is 29.6 Å². The van der Waals surface area contributed by atoms with Crippen molar-refractivity contribution in [2.24, 2.45) is 28.9 Å². The van der Waals surface area contributed by atoms with Gasteiger partial charge in [0.2, 0.25) is 5.91 Å². The minimum absolute atomic E-state index is 0.0344. The van der Waals surface area contributed by atoms with Crippen molar-refractivity contribution in [1.82, 2.24) is 5.32 Å². The molecule has 1 fully saturated rings. The highest BCUT2D eigenvalue weighted by molar-refractivity contribution is 5.79. The molecule has 19 heavy (non-hydrogen) atoms. The number of carboxylic acid groups (broad SMARTS) is 1. The molecule has 4 unspecified atom stereocenters. The average molecular weight is 270 g/mol. The van der Waals surface area contributed by atoms with E-state index in [9.17, 15) is 14.7 Å². The zero-order valence-electron chi connectivity index (χ0n) is 12.3. The van der Waals surface area contributed by atoms with Crippen LogP contribution in [-0.2, 0) is 9.59 Å². The minimum atomic E-state index is -0.739. The second-order valence-electron chi connectivity index (χ2n) is 6.33. The number of rotatable bonds is 4. The lowest BCUT2D eigenvalue weighted by Crippen LogP contribution is -2.53. The molecule has 0 spiro atoms. The van der Waals surface area contributed by atoms with Crippen LogP contribution in [0.5, 0.6) is 0 Å². The molecule has 4 atom stereocenters. The van der Waals surface area contributed by atoms with Crippen molar-refractivity contribution in [2.75, 3.05) is 6.54 Å². The largest absolute Gasteiger partial charge is 0.481 e. The monoisotopic (exact) mass is 270 g/mol. The number of nitrogens with one attached hydrogen (secondary N) is 1. The summed E-state index contributed by atoms with van der Waals surface area (Å²) in [4.78, 5) is 23.2. The highest BCUT2D eigenvalue weighted by Crippen LogP contribution is 2.45. The van der Waals surface area contributed by atoms with E-state index in [4.69, 9.17) is 5.73 Å². The molecular formula is C14H26N2O3.